The van der Waals surface area contributed by atoms with Gasteiger partial charge in [0.1, 0.15) is 0 Å². The summed E-state index contributed by atoms with van der Waals surface area (Å²) in [5, 5.41) is 0. The van der Waals surface area contributed by atoms with Crippen molar-refractivity contribution in [3.05, 3.63) is 12.2 Å². The third-order valence-corrected chi connectivity index (χ3v) is 11.5. The predicted octanol–water partition coefficient (Wildman–Crippen LogP) is 3.49. The first-order valence-corrected chi connectivity index (χ1v) is 12.0. The Labute approximate surface area is 78.6 Å². The molecule has 0 aromatic heterocycles. The van der Waals surface area contributed by atoms with Gasteiger partial charge < -0.3 is 0 Å². The van der Waals surface area contributed by atoms with Crippen molar-refractivity contribution in [3.63, 3.8) is 0 Å². The number of allylic oxidation sites excluding steroid dienone is 2. The molecule has 0 radical (unpaired) electrons. The fourth-order valence-corrected chi connectivity index (χ4v) is 9.79. The van der Waals surface area contributed by atoms with Crippen LogP contribution in [-0.4, -0.2) is 21.4 Å². The van der Waals surface area contributed by atoms with Gasteiger partial charge in [0.15, 0.2) is 0 Å². The summed E-state index contributed by atoms with van der Waals surface area (Å²) in [7, 11) is 0. The Bertz CT molecular complexity index is 121. The van der Waals surface area contributed by atoms with E-state index in [0.717, 1.165) is 5.92 Å². The van der Waals surface area contributed by atoms with Gasteiger partial charge in [-0.15, -0.1) is 0 Å². The van der Waals surface area contributed by atoms with E-state index in [4.69, 9.17) is 0 Å². The molecule has 0 fully saturated rings. The SMILES string of the molecule is CCC(C)C[CH2][In]1[CH2]C=C[CH2]1. The second-order valence-electron chi connectivity index (χ2n) is 3.90. The monoisotopic (exact) mass is 254 g/mol. The van der Waals surface area contributed by atoms with Gasteiger partial charge in [0.25, 0.3) is 0 Å². The number of hydrogen-bond acceptors (Lipinski definition) is 0. The van der Waals surface area contributed by atoms with E-state index in [-0.39, 0.29) is 0 Å². The van der Waals surface area contributed by atoms with Crippen LogP contribution in [0.3, 0.4) is 0 Å². The maximum absolute atomic E-state index is 2.43. The zero-order chi connectivity index (χ0) is 8.10. The molecular weight excluding hydrogens is 235 g/mol. The molecule has 1 unspecified atom stereocenters. The molecule has 0 aliphatic carbocycles. The van der Waals surface area contributed by atoms with Crippen molar-refractivity contribution in [2.75, 3.05) is 0 Å². The molecule has 0 bridgehead atoms. The van der Waals surface area contributed by atoms with Crippen molar-refractivity contribution in [2.45, 2.75) is 39.2 Å². The van der Waals surface area contributed by atoms with E-state index in [0.29, 0.717) is 0 Å². The Morgan fingerprint density at radius 2 is 2.00 bits per heavy atom. The standard InChI is InChI=1S/C6H13.C4H6.In/c1-4-6(3)5-2;1-3-4-2;/h6H,1,4-5H2,2-3H3;3-4H,1-2H2;. The van der Waals surface area contributed by atoms with Crippen LogP contribution in [0.5, 0.6) is 0 Å². The average Bonchev–Trinajstić information content (AvgIpc) is 2.52. The first-order chi connectivity index (χ1) is 5.33. The second kappa shape index (κ2) is 5.29. The zero-order valence-corrected chi connectivity index (χ0v) is 11.1. The Morgan fingerprint density at radius 1 is 1.36 bits per heavy atom. The summed E-state index contributed by atoms with van der Waals surface area (Å²) in [6.07, 6.45) is 7.76. The van der Waals surface area contributed by atoms with Crippen LogP contribution in [0.2, 0.25) is 12.5 Å². The third-order valence-electron chi connectivity index (χ3n) is 2.87. The van der Waals surface area contributed by atoms with Crippen LogP contribution in [0.25, 0.3) is 0 Å². The molecule has 0 amide bonds. The molecule has 1 rings (SSSR count). The van der Waals surface area contributed by atoms with Crippen molar-refractivity contribution in [3.8, 4) is 0 Å². The Hall–Kier alpha value is 0.610. The van der Waals surface area contributed by atoms with Gasteiger partial charge in [0.2, 0.25) is 0 Å². The molecule has 1 heterocycles. The topological polar surface area (TPSA) is 0 Å². The van der Waals surface area contributed by atoms with E-state index in [1.165, 1.54) is 12.8 Å². The molecule has 62 valence electrons. The molecule has 11 heavy (non-hydrogen) atoms. The fourth-order valence-electron chi connectivity index (χ4n) is 1.63. The van der Waals surface area contributed by atoms with Crippen LogP contribution in [0.15, 0.2) is 12.2 Å². The van der Waals surface area contributed by atoms with Crippen molar-refractivity contribution in [1.82, 2.24) is 0 Å². The minimum atomic E-state index is -0.903. The molecule has 0 saturated carbocycles. The quantitative estimate of drug-likeness (QED) is 0.673. The molecule has 1 aliphatic heterocycles. The average molecular weight is 254 g/mol. The van der Waals surface area contributed by atoms with E-state index < -0.39 is 21.4 Å². The molecule has 0 aromatic rings. The summed E-state index contributed by atoms with van der Waals surface area (Å²) in [6, 6.07) is 0. The summed E-state index contributed by atoms with van der Waals surface area (Å²) in [6.45, 7) is 4.71. The van der Waals surface area contributed by atoms with E-state index in [1.807, 2.05) is 0 Å². The van der Waals surface area contributed by atoms with Crippen molar-refractivity contribution in [1.29, 1.82) is 0 Å². The first kappa shape index (κ1) is 9.70. The third kappa shape index (κ3) is 3.68. The van der Waals surface area contributed by atoms with Crippen molar-refractivity contribution >= 4 is 21.4 Å². The van der Waals surface area contributed by atoms with E-state index in [2.05, 4.69) is 26.0 Å². The van der Waals surface area contributed by atoms with Crippen LogP contribution in [0, 0.1) is 5.92 Å². The molecule has 0 nitrogen and oxygen atoms in total. The number of rotatable bonds is 4. The normalized spacial score (nSPS) is 19.3. The van der Waals surface area contributed by atoms with Crippen molar-refractivity contribution < 1.29 is 0 Å². The summed E-state index contributed by atoms with van der Waals surface area (Å²) >= 11 is -0.903. The molecule has 1 aliphatic rings. The van der Waals surface area contributed by atoms with Crippen LogP contribution < -0.4 is 0 Å². The molecule has 0 saturated heterocycles. The van der Waals surface area contributed by atoms with Gasteiger partial charge in [-0.3, -0.25) is 0 Å². The van der Waals surface area contributed by atoms with Gasteiger partial charge in [-0.05, 0) is 0 Å². The molecule has 0 spiro atoms. The molecule has 0 N–H and O–H groups in total. The predicted molar refractivity (Wildman–Crippen MR) is 53.4 cm³/mol. The molecule has 0 aromatic carbocycles. The van der Waals surface area contributed by atoms with Gasteiger partial charge in [0.05, 0.1) is 0 Å². The second-order valence-corrected chi connectivity index (χ2v) is 13.2. The van der Waals surface area contributed by atoms with Crippen LogP contribution in [0.1, 0.15) is 26.7 Å². The van der Waals surface area contributed by atoms with E-state index in [9.17, 15) is 0 Å². The minimum absolute atomic E-state index is 0.903. The zero-order valence-electron chi connectivity index (χ0n) is 7.84. The van der Waals surface area contributed by atoms with Gasteiger partial charge in [-0.25, -0.2) is 0 Å². The number of hydrogen-bond donors (Lipinski definition) is 0. The Balaban J connectivity index is 2.03. The van der Waals surface area contributed by atoms with Crippen molar-refractivity contribution in [2.24, 2.45) is 5.92 Å². The molecule has 1 heteroatoms. The molecular formula is C10H19In. The fraction of sp³-hybridized carbons (Fsp3) is 0.800. The van der Waals surface area contributed by atoms with Crippen LogP contribution >= 0.6 is 0 Å². The van der Waals surface area contributed by atoms with Gasteiger partial charge >= 0.3 is 78.7 Å². The van der Waals surface area contributed by atoms with Gasteiger partial charge in [0, 0.05) is 0 Å². The van der Waals surface area contributed by atoms with Crippen LogP contribution in [0.4, 0.5) is 0 Å². The van der Waals surface area contributed by atoms with E-state index in [1.54, 1.807) is 12.5 Å². The van der Waals surface area contributed by atoms with Gasteiger partial charge in [-0.1, -0.05) is 0 Å². The summed E-state index contributed by atoms with van der Waals surface area (Å²) in [5.41, 5.74) is 0. The van der Waals surface area contributed by atoms with E-state index >= 15 is 0 Å². The van der Waals surface area contributed by atoms with Gasteiger partial charge in [-0.2, -0.15) is 0 Å². The molecule has 1 atom stereocenters. The summed E-state index contributed by atoms with van der Waals surface area (Å²) in [4.78, 5) is 0. The Kier molecular flexibility index (Phi) is 4.66. The first-order valence-electron chi connectivity index (χ1n) is 4.98. The summed E-state index contributed by atoms with van der Waals surface area (Å²) < 4.78 is 4.76. The maximum atomic E-state index is 2.43. The Morgan fingerprint density at radius 3 is 2.55 bits per heavy atom. The summed E-state index contributed by atoms with van der Waals surface area (Å²) in [5.74, 6) is 0.993. The van der Waals surface area contributed by atoms with Crippen LogP contribution in [-0.2, 0) is 0 Å².